The molecule has 38 heavy (non-hydrogen) atoms. The van der Waals surface area contributed by atoms with Crippen molar-refractivity contribution in [1.29, 1.82) is 0 Å². The Morgan fingerprint density at radius 2 is 1.87 bits per heavy atom. The van der Waals surface area contributed by atoms with Crippen molar-refractivity contribution < 1.29 is 49.3 Å². The summed E-state index contributed by atoms with van der Waals surface area (Å²) in [7, 11) is 1.27. The first-order valence-corrected chi connectivity index (χ1v) is 12.2. The summed E-state index contributed by atoms with van der Waals surface area (Å²) in [6.07, 6.45) is -1.64. The number of carbonyl (C=O) groups is 2. The van der Waals surface area contributed by atoms with E-state index in [1.165, 1.54) is 13.2 Å². The summed E-state index contributed by atoms with van der Waals surface area (Å²) in [6, 6.07) is 7.81. The summed E-state index contributed by atoms with van der Waals surface area (Å²) in [5.74, 6) is -6.93. The first-order valence-electron chi connectivity index (χ1n) is 12.2. The molecule has 204 valence electrons. The van der Waals surface area contributed by atoms with E-state index in [2.05, 4.69) is 0 Å². The second-order valence-electron chi connectivity index (χ2n) is 10.0. The molecule has 2 saturated heterocycles. The Bertz CT molecular complexity index is 1280. The van der Waals surface area contributed by atoms with Gasteiger partial charge in [-0.1, -0.05) is 41.5 Å². The van der Waals surface area contributed by atoms with Gasteiger partial charge in [0.25, 0.3) is 0 Å². The molecule has 4 rings (SSSR count). The van der Waals surface area contributed by atoms with E-state index in [1.807, 2.05) is 20.8 Å². The molecule has 0 radical (unpaired) electrons. The van der Waals surface area contributed by atoms with Crippen LogP contribution >= 0.6 is 0 Å². The monoisotopic (exact) mass is 528 g/mol. The van der Waals surface area contributed by atoms with Gasteiger partial charge in [0.15, 0.2) is 11.9 Å². The number of aliphatic hydroxyl groups excluding tert-OH is 1. The van der Waals surface area contributed by atoms with Crippen molar-refractivity contribution >= 4 is 11.8 Å². The second-order valence-corrected chi connectivity index (χ2v) is 10.0. The first kappa shape index (κ1) is 27.6. The molecule has 0 aromatic heterocycles. The third kappa shape index (κ3) is 4.33. The number of ketones is 1. The van der Waals surface area contributed by atoms with Crippen LogP contribution in [0.15, 0.2) is 42.0 Å². The van der Waals surface area contributed by atoms with Crippen molar-refractivity contribution in [1.82, 2.24) is 0 Å². The molecule has 2 aromatic rings. The van der Waals surface area contributed by atoms with Gasteiger partial charge >= 0.3 is 5.97 Å². The van der Waals surface area contributed by atoms with Crippen LogP contribution in [-0.4, -0.2) is 74.6 Å². The Kier molecular flexibility index (Phi) is 7.28. The molecule has 2 fully saturated rings. The van der Waals surface area contributed by atoms with E-state index < -0.39 is 60.0 Å². The lowest BCUT2D eigenvalue weighted by atomic mass is 9.73. The number of aliphatic hydroxyl groups is 3. The Morgan fingerprint density at radius 3 is 2.47 bits per heavy atom. The number of carbonyl (C=O) groups excluding carboxylic acids is 2. The minimum atomic E-state index is -2.77. The predicted octanol–water partition coefficient (Wildman–Crippen LogP) is 2.02. The Morgan fingerprint density at radius 1 is 1.21 bits per heavy atom. The van der Waals surface area contributed by atoms with Crippen molar-refractivity contribution in [2.45, 2.75) is 63.1 Å². The maximum Gasteiger partial charge on any atom is 0.345 e. The number of hydrogen-bond donors (Lipinski definition) is 5. The van der Waals surface area contributed by atoms with Crippen LogP contribution in [0.25, 0.3) is 0 Å². The van der Waals surface area contributed by atoms with Gasteiger partial charge in [0, 0.05) is 24.0 Å². The minimum Gasteiger partial charge on any atom is -0.507 e. The van der Waals surface area contributed by atoms with Crippen molar-refractivity contribution in [3.63, 3.8) is 0 Å². The van der Waals surface area contributed by atoms with Crippen molar-refractivity contribution in [2.24, 2.45) is 0 Å². The van der Waals surface area contributed by atoms with Crippen LogP contribution in [-0.2, 0) is 20.7 Å². The van der Waals surface area contributed by atoms with Gasteiger partial charge in [0.05, 0.1) is 13.7 Å². The van der Waals surface area contributed by atoms with E-state index in [0.717, 1.165) is 11.1 Å². The van der Waals surface area contributed by atoms with Crippen LogP contribution in [0.3, 0.4) is 0 Å². The van der Waals surface area contributed by atoms with Gasteiger partial charge in [-0.2, -0.15) is 0 Å². The highest BCUT2D eigenvalue weighted by Gasteiger charge is 2.76. The highest BCUT2D eigenvalue weighted by Crippen LogP contribution is 2.52. The molecule has 0 bridgehead atoms. The number of esters is 1. The van der Waals surface area contributed by atoms with E-state index in [4.69, 9.17) is 14.2 Å². The van der Waals surface area contributed by atoms with Crippen LogP contribution in [0.2, 0.25) is 0 Å². The minimum absolute atomic E-state index is 0.0992. The largest absolute Gasteiger partial charge is 0.507 e. The lowest BCUT2D eigenvalue weighted by Gasteiger charge is -2.38. The Balaban J connectivity index is 1.83. The molecule has 10 heteroatoms. The number of rotatable bonds is 8. The van der Waals surface area contributed by atoms with E-state index in [0.29, 0.717) is 5.56 Å². The molecule has 0 amide bonds. The molecular formula is C28H32O10. The molecule has 5 atom stereocenters. The zero-order valence-corrected chi connectivity index (χ0v) is 21.6. The average Bonchev–Trinajstić information content (AvgIpc) is 3.26. The molecule has 2 aromatic carbocycles. The Labute approximate surface area is 219 Å². The number of phenols is 2. The van der Waals surface area contributed by atoms with Gasteiger partial charge < -0.3 is 39.7 Å². The maximum absolute atomic E-state index is 13.8. The number of ether oxygens (including phenoxy) is 3. The molecule has 2 aliphatic rings. The van der Waals surface area contributed by atoms with Gasteiger partial charge in [0.2, 0.25) is 11.4 Å². The number of aryl methyl sites for hydroxylation is 1. The van der Waals surface area contributed by atoms with Crippen LogP contribution in [0.5, 0.6) is 17.2 Å². The smallest absolute Gasteiger partial charge is 0.345 e. The highest BCUT2D eigenvalue weighted by molar-refractivity contribution is 6.03. The van der Waals surface area contributed by atoms with Crippen molar-refractivity contribution in [3.8, 4) is 17.2 Å². The maximum atomic E-state index is 13.8. The lowest BCUT2D eigenvalue weighted by Crippen LogP contribution is -2.61. The molecule has 2 heterocycles. The molecule has 10 nitrogen and oxygen atoms in total. The standard InChI is InChI=1S/C28H32O10/c1-14(2)5-10-17-19(29)12-22(36-4)23(24(17)32)20(30)11-18(16-8-6-15(3)7-9-16)27(34)26(33)38-25-21(31)13-37-28(25,27)35/h5-9,12,18,21,25,29,31-32,34-35H,10-11,13H2,1-4H3. The number of Topliss-reactive ketones (excluding diaryl/α,β-unsaturated/α-hetero) is 1. The van der Waals surface area contributed by atoms with E-state index in [1.54, 1.807) is 30.3 Å². The first-order chi connectivity index (χ1) is 17.8. The quantitative estimate of drug-likeness (QED) is 0.195. The van der Waals surface area contributed by atoms with E-state index in [-0.39, 0.29) is 29.0 Å². The number of phenolic OH excluding ortho intramolecular Hbond substituents is 2. The van der Waals surface area contributed by atoms with Crippen molar-refractivity contribution in [2.75, 3.05) is 13.7 Å². The SMILES string of the molecule is COc1cc(O)c(CC=C(C)C)c(O)c1C(=O)CC(c1ccc(C)cc1)C1(O)C(=O)OC2C(O)COC21O. The van der Waals surface area contributed by atoms with Crippen LogP contribution in [0, 0.1) is 6.92 Å². The zero-order chi connectivity index (χ0) is 28.0. The fraction of sp³-hybridized carbons (Fsp3) is 0.429. The highest BCUT2D eigenvalue weighted by atomic mass is 16.7. The van der Waals surface area contributed by atoms with E-state index >= 15 is 0 Å². The third-order valence-electron chi connectivity index (χ3n) is 7.23. The summed E-state index contributed by atoms with van der Waals surface area (Å²) >= 11 is 0. The van der Waals surface area contributed by atoms with Crippen LogP contribution < -0.4 is 4.74 Å². The zero-order valence-electron chi connectivity index (χ0n) is 21.6. The number of fused-ring (bicyclic) bond motifs is 1. The van der Waals surface area contributed by atoms with E-state index in [9.17, 15) is 35.1 Å². The average molecular weight is 529 g/mol. The molecule has 0 saturated carbocycles. The summed E-state index contributed by atoms with van der Waals surface area (Å²) in [4.78, 5) is 26.8. The van der Waals surface area contributed by atoms with Gasteiger partial charge in [0.1, 0.15) is 28.9 Å². The second kappa shape index (κ2) is 10.0. The fourth-order valence-electron chi connectivity index (χ4n) is 5.07. The summed E-state index contributed by atoms with van der Waals surface area (Å²) in [5.41, 5.74) is -0.830. The number of aromatic hydroxyl groups is 2. The van der Waals surface area contributed by atoms with Crippen LogP contribution in [0.1, 0.15) is 53.2 Å². The normalized spacial score (nSPS) is 27.0. The molecule has 5 N–H and O–H groups in total. The number of methoxy groups -OCH3 is 1. The molecule has 5 unspecified atom stereocenters. The molecular weight excluding hydrogens is 496 g/mol. The van der Waals surface area contributed by atoms with Gasteiger partial charge in [-0.3, -0.25) is 4.79 Å². The fourth-order valence-corrected chi connectivity index (χ4v) is 5.07. The number of hydrogen-bond acceptors (Lipinski definition) is 10. The predicted molar refractivity (Wildman–Crippen MR) is 134 cm³/mol. The third-order valence-corrected chi connectivity index (χ3v) is 7.23. The molecule has 0 aliphatic carbocycles. The summed E-state index contributed by atoms with van der Waals surface area (Å²) in [6.45, 7) is 5.12. The Hall–Kier alpha value is -3.44. The summed E-state index contributed by atoms with van der Waals surface area (Å²) in [5, 5.41) is 54.8. The summed E-state index contributed by atoms with van der Waals surface area (Å²) < 4.78 is 15.7. The number of allylic oxidation sites excluding steroid dienone is 2. The van der Waals surface area contributed by atoms with Gasteiger partial charge in [-0.15, -0.1) is 0 Å². The lowest BCUT2D eigenvalue weighted by molar-refractivity contribution is -0.268. The van der Waals surface area contributed by atoms with Gasteiger partial charge in [-0.05, 0) is 32.8 Å². The molecule has 0 spiro atoms. The van der Waals surface area contributed by atoms with Gasteiger partial charge in [-0.25, -0.2) is 4.79 Å². The van der Waals surface area contributed by atoms with Crippen LogP contribution in [0.4, 0.5) is 0 Å². The topological polar surface area (TPSA) is 163 Å². The molecule has 2 aliphatic heterocycles. The number of benzene rings is 2. The van der Waals surface area contributed by atoms with Crippen molar-refractivity contribution in [3.05, 3.63) is 64.2 Å².